The fourth-order valence-electron chi connectivity index (χ4n) is 2.49. The van der Waals surface area contributed by atoms with Gasteiger partial charge in [0.15, 0.2) is 0 Å². The number of hydrogen-bond acceptors (Lipinski definition) is 4. The van der Waals surface area contributed by atoms with Crippen LogP contribution >= 0.6 is 11.6 Å². The number of aliphatic hydroxyl groups is 1. The molecule has 0 amide bonds. The molecule has 0 radical (unpaired) electrons. The molecular formula is C15H22ClNO3. The van der Waals surface area contributed by atoms with Crippen molar-refractivity contribution in [3.63, 3.8) is 0 Å². The summed E-state index contributed by atoms with van der Waals surface area (Å²) in [5, 5.41) is 10.6. The van der Waals surface area contributed by atoms with Crippen molar-refractivity contribution in [1.29, 1.82) is 0 Å². The number of halogens is 1. The summed E-state index contributed by atoms with van der Waals surface area (Å²) in [6.07, 6.45) is -0.472. The standard InChI is InChI=1S/C15H22ClNO3/c1-11-9-20-15(12-4-3-5-13(16)6-12)8-17(11)7-14(18)10-19-2/h3-6,11,14-15,18H,7-10H2,1-2H3/t11-,14+,15-/m1/s1. The molecule has 20 heavy (non-hydrogen) atoms. The molecule has 1 aromatic rings. The minimum absolute atomic E-state index is 0.000329. The predicted molar refractivity (Wildman–Crippen MR) is 79.1 cm³/mol. The number of benzene rings is 1. The second-order valence-corrected chi connectivity index (χ2v) is 5.73. The molecule has 0 aliphatic carbocycles. The number of ether oxygens (including phenoxy) is 2. The van der Waals surface area contributed by atoms with Gasteiger partial charge in [0.05, 0.1) is 25.4 Å². The molecule has 0 aromatic heterocycles. The third kappa shape index (κ3) is 4.17. The Labute approximate surface area is 125 Å². The average Bonchev–Trinajstić information content (AvgIpc) is 2.41. The van der Waals surface area contributed by atoms with Crippen LogP contribution in [-0.2, 0) is 9.47 Å². The van der Waals surface area contributed by atoms with Gasteiger partial charge in [0.1, 0.15) is 0 Å². The van der Waals surface area contributed by atoms with Gasteiger partial charge in [-0.1, -0.05) is 23.7 Å². The smallest absolute Gasteiger partial charge is 0.0953 e. The summed E-state index contributed by atoms with van der Waals surface area (Å²) in [7, 11) is 1.60. The zero-order valence-corrected chi connectivity index (χ0v) is 12.7. The van der Waals surface area contributed by atoms with Crippen LogP contribution in [0.1, 0.15) is 18.6 Å². The number of hydrogen-bond donors (Lipinski definition) is 1. The quantitative estimate of drug-likeness (QED) is 0.904. The van der Waals surface area contributed by atoms with Gasteiger partial charge in [0.2, 0.25) is 0 Å². The van der Waals surface area contributed by atoms with E-state index in [-0.39, 0.29) is 12.1 Å². The van der Waals surface area contributed by atoms with E-state index < -0.39 is 6.10 Å². The fourth-order valence-corrected chi connectivity index (χ4v) is 2.68. The highest BCUT2D eigenvalue weighted by atomic mass is 35.5. The lowest BCUT2D eigenvalue weighted by Gasteiger charge is -2.39. The van der Waals surface area contributed by atoms with Crippen molar-refractivity contribution in [2.75, 3.05) is 33.4 Å². The van der Waals surface area contributed by atoms with Gasteiger partial charge in [0.25, 0.3) is 0 Å². The molecule has 0 spiro atoms. The van der Waals surface area contributed by atoms with E-state index in [4.69, 9.17) is 21.1 Å². The normalized spacial score (nSPS) is 25.6. The lowest BCUT2D eigenvalue weighted by Crippen LogP contribution is -2.48. The maximum absolute atomic E-state index is 9.89. The van der Waals surface area contributed by atoms with E-state index >= 15 is 0 Å². The number of rotatable bonds is 5. The van der Waals surface area contributed by atoms with Gasteiger partial charge in [-0.15, -0.1) is 0 Å². The van der Waals surface area contributed by atoms with Crippen LogP contribution in [-0.4, -0.2) is 55.6 Å². The second kappa shape index (κ2) is 7.38. The monoisotopic (exact) mass is 299 g/mol. The molecule has 1 heterocycles. The minimum atomic E-state index is -0.472. The topological polar surface area (TPSA) is 41.9 Å². The zero-order valence-electron chi connectivity index (χ0n) is 12.0. The van der Waals surface area contributed by atoms with Crippen molar-refractivity contribution in [1.82, 2.24) is 4.90 Å². The summed E-state index contributed by atoms with van der Waals surface area (Å²) in [5.74, 6) is 0. The van der Waals surface area contributed by atoms with Gasteiger partial charge in [0, 0.05) is 31.3 Å². The molecule has 3 atom stereocenters. The highest BCUT2D eigenvalue weighted by Gasteiger charge is 2.28. The van der Waals surface area contributed by atoms with Crippen molar-refractivity contribution in [2.24, 2.45) is 0 Å². The Kier molecular flexibility index (Phi) is 5.81. The first-order valence-electron chi connectivity index (χ1n) is 6.88. The second-order valence-electron chi connectivity index (χ2n) is 5.29. The molecule has 4 nitrogen and oxygen atoms in total. The van der Waals surface area contributed by atoms with Crippen LogP contribution in [0.4, 0.5) is 0 Å². The summed E-state index contributed by atoms with van der Waals surface area (Å²) in [6, 6.07) is 8.04. The first kappa shape index (κ1) is 15.7. The summed E-state index contributed by atoms with van der Waals surface area (Å²) in [4.78, 5) is 2.23. The van der Waals surface area contributed by atoms with Gasteiger partial charge < -0.3 is 14.6 Å². The van der Waals surface area contributed by atoms with Crippen molar-refractivity contribution < 1.29 is 14.6 Å². The van der Waals surface area contributed by atoms with Crippen molar-refractivity contribution in [3.8, 4) is 0 Å². The molecular weight excluding hydrogens is 278 g/mol. The molecule has 1 aliphatic heterocycles. The summed E-state index contributed by atoms with van der Waals surface area (Å²) in [6.45, 7) is 4.45. The van der Waals surface area contributed by atoms with E-state index in [0.717, 1.165) is 17.1 Å². The van der Waals surface area contributed by atoms with E-state index in [1.54, 1.807) is 7.11 Å². The molecule has 1 saturated heterocycles. The van der Waals surface area contributed by atoms with Crippen LogP contribution in [0.3, 0.4) is 0 Å². The van der Waals surface area contributed by atoms with Gasteiger partial charge in [-0.05, 0) is 24.6 Å². The highest BCUT2D eigenvalue weighted by Crippen LogP contribution is 2.26. The maximum Gasteiger partial charge on any atom is 0.0953 e. The van der Waals surface area contributed by atoms with Gasteiger partial charge in [-0.25, -0.2) is 0 Å². The summed E-state index contributed by atoms with van der Waals surface area (Å²) < 4.78 is 10.9. The molecule has 0 bridgehead atoms. The zero-order chi connectivity index (χ0) is 14.5. The highest BCUT2D eigenvalue weighted by molar-refractivity contribution is 6.30. The maximum atomic E-state index is 9.89. The number of aliphatic hydroxyl groups excluding tert-OH is 1. The Hall–Kier alpha value is -0.650. The molecule has 0 saturated carbocycles. The molecule has 1 fully saturated rings. The lowest BCUT2D eigenvalue weighted by atomic mass is 10.1. The summed E-state index contributed by atoms with van der Waals surface area (Å²) >= 11 is 6.03. The van der Waals surface area contributed by atoms with Gasteiger partial charge in [-0.2, -0.15) is 0 Å². The van der Waals surface area contributed by atoms with Crippen LogP contribution < -0.4 is 0 Å². The Morgan fingerprint density at radius 3 is 3.05 bits per heavy atom. The van der Waals surface area contributed by atoms with Crippen LogP contribution in [0.2, 0.25) is 5.02 Å². The third-order valence-corrected chi connectivity index (χ3v) is 3.82. The number of morpholine rings is 1. The van der Waals surface area contributed by atoms with Crippen molar-refractivity contribution >= 4 is 11.6 Å². The molecule has 1 N–H and O–H groups in total. The Morgan fingerprint density at radius 2 is 2.35 bits per heavy atom. The molecule has 2 rings (SSSR count). The van der Waals surface area contributed by atoms with Crippen LogP contribution in [0.25, 0.3) is 0 Å². The van der Waals surface area contributed by atoms with Gasteiger partial charge in [-0.3, -0.25) is 4.90 Å². The van der Waals surface area contributed by atoms with E-state index in [0.29, 0.717) is 19.8 Å². The fraction of sp³-hybridized carbons (Fsp3) is 0.600. The largest absolute Gasteiger partial charge is 0.389 e. The van der Waals surface area contributed by atoms with Crippen LogP contribution in [0, 0.1) is 0 Å². The van der Waals surface area contributed by atoms with E-state index in [1.165, 1.54) is 0 Å². The Bertz CT molecular complexity index is 429. The van der Waals surface area contributed by atoms with Crippen LogP contribution in [0.5, 0.6) is 0 Å². The number of methoxy groups -OCH3 is 1. The first-order valence-corrected chi connectivity index (χ1v) is 7.26. The van der Waals surface area contributed by atoms with Crippen molar-refractivity contribution in [2.45, 2.75) is 25.2 Å². The number of β-amino-alcohol motifs (C(OH)–C–C–N with tert-alkyl or cyclic N) is 1. The predicted octanol–water partition coefficient (Wildman–Crippen LogP) is 2.11. The Balaban J connectivity index is 2.00. The SMILES string of the molecule is COC[C@@H](O)CN1C[C@H](c2cccc(Cl)c2)OC[C@H]1C. The lowest BCUT2D eigenvalue weighted by molar-refractivity contribution is -0.0767. The first-order chi connectivity index (χ1) is 9.60. The van der Waals surface area contributed by atoms with E-state index in [2.05, 4.69) is 11.8 Å². The van der Waals surface area contributed by atoms with E-state index in [1.807, 2.05) is 24.3 Å². The summed E-state index contributed by atoms with van der Waals surface area (Å²) in [5.41, 5.74) is 1.08. The molecule has 112 valence electrons. The van der Waals surface area contributed by atoms with E-state index in [9.17, 15) is 5.11 Å². The van der Waals surface area contributed by atoms with Crippen LogP contribution in [0.15, 0.2) is 24.3 Å². The molecule has 1 aliphatic rings. The average molecular weight is 300 g/mol. The van der Waals surface area contributed by atoms with Crippen molar-refractivity contribution in [3.05, 3.63) is 34.9 Å². The molecule has 5 heteroatoms. The minimum Gasteiger partial charge on any atom is -0.389 e. The third-order valence-electron chi connectivity index (χ3n) is 3.59. The molecule has 1 aromatic carbocycles. The molecule has 0 unspecified atom stereocenters. The number of nitrogens with zero attached hydrogens (tertiary/aromatic N) is 1. The Morgan fingerprint density at radius 1 is 1.55 bits per heavy atom. The van der Waals surface area contributed by atoms with Gasteiger partial charge >= 0.3 is 0 Å².